The summed E-state index contributed by atoms with van der Waals surface area (Å²) in [6.45, 7) is 0. The molecule has 0 fully saturated rings. The number of aromatic amines is 1. The number of nitrogens with one attached hydrogen (secondary N) is 3. The molecule has 7 heteroatoms. The summed E-state index contributed by atoms with van der Waals surface area (Å²) in [5.74, 6) is 1.12. The number of urea groups is 1. The number of thiazole rings is 1. The number of ether oxygens (including phenoxy) is 1. The van der Waals surface area contributed by atoms with Crippen molar-refractivity contribution in [3.63, 3.8) is 0 Å². The van der Waals surface area contributed by atoms with Crippen LogP contribution >= 0.6 is 11.3 Å². The summed E-state index contributed by atoms with van der Waals surface area (Å²) in [5.41, 5.74) is 0.816. The van der Waals surface area contributed by atoms with Crippen LogP contribution in [0.1, 0.15) is 16.5 Å². The monoisotopic (exact) mass is 277 g/mol. The molecule has 6 nitrogen and oxygen atoms in total. The number of fused-ring (bicyclic) bond motifs is 1. The molecule has 2 aromatic rings. The molecular weight excluding hydrogens is 266 g/mol. The second-order valence-electron chi connectivity index (χ2n) is 4.03. The maximum atomic E-state index is 11.6. The van der Waals surface area contributed by atoms with Gasteiger partial charge < -0.3 is 10.1 Å². The van der Waals surface area contributed by atoms with Gasteiger partial charge in [-0.25, -0.2) is 4.79 Å². The van der Waals surface area contributed by atoms with Crippen molar-refractivity contribution in [2.45, 2.75) is 6.04 Å². The molecule has 3 rings (SSSR count). The van der Waals surface area contributed by atoms with Gasteiger partial charge in [0, 0.05) is 5.56 Å². The number of carbonyl (C=O) groups is 1. The summed E-state index contributed by atoms with van der Waals surface area (Å²) in [7, 11) is 1.57. The zero-order chi connectivity index (χ0) is 13.4. The Hall–Kier alpha value is -2.28. The molecule has 98 valence electrons. The van der Waals surface area contributed by atoms with E-state index >= 15 is 0 Å². The van der Waals surface area contributed by atoms with Gasteiger partial charge in [-0.3, -0.25) is 15.1 Å². The second-order valence-corrected chi connectivity index (χ2v) is 5.04. The number of carbonyl (C=O) groups excluding carboxylic acids is 1. The third-order valence-corrected chi connectivity index (χ3v) is 3.85. The summed E-state index contributed by atoms with van der Waals surface area (Å²) >= 11 is 1.07. The van der Waals surface area contributed by atoms with E-state index < -0.39 is 0 Å². The van der Waals surface area contributed by atoms with E-state index in [2.05, 4.69) is 15.6 Å². The van der Waals surface area contributed by atoms with Crippen LogP contribution in [0.2, 0.25) is 0 Å². The number of para-hydroxylation sites is 1. The van der Waals surface area contributed by atoms with Gasteiger partial charge >= 0.3 is 10.9 Å². The van der Waals surface area contributed by atoms with E-state index in [0.717, 1.165) is 21.8 Å². The van der Waals surface area contributed by atoms with E-state index in [1.807, 2.05) is 24.3 Å². The maximum absolute atomic E-state index is 11.6. The summed E-state index contributed by atoms with van der Waals surface area (Å²) in [5, 5.41) is 5.38. The minimum Gasteiger partial charge on any atom is -0.496 e. The Bertz CT molecular complexity index is 692. The molecule has 0 spiro atoms. The number of aromatic nitrogens is 1. The van der Waals surface area contributed by atoms with Gasteiger partial charge in [-0.15, -0.1) is 0 Å². The first-order valence-electron chi connectivity index (χ1n) is 5.62. The lowest BCUT2D eigenvalue weighted by Crippen LogP contribution is -2.37. The van der Waals surface area contributed by atoms with Crippen molar-refractivity contribution >= 4 is 23.2 Å². The van der Waals surface area contributed by atoms with Gasteiger partial charge in [-0.2, -0.15) is 0 Å². The number of hydrogen-bond acceptors (Lipinski definition) is 4. The topological polar surface area (TPSA) is 83.2 Å². The van der Waals surface area contributed by atoms with Gasteiger partial charge in [0.1, 0.15) is 11.6 Å². The first kappa shape index (κ1) is 11.8. The number of benzene rings is 1. The Morgan fingerprint density at radius 3 is 2.84 bits per heavy atom. The minimum absolute atomic E-state index is 0.200. The Morgan fingerprint density at radius 1 is 1.26 bits per heavy atom. The average molecular weight is 277 g/mol. The SMILES string of the molecule is COc1ccccc1C1NC(=O)Nc2[nH]c(=O)sc21. The van der Waals surface area contributed by atoms with E-state index in [0.29, 0.717) is 11.6 Å². The number of anilines is 1. The zero-order valence-electron chi connectivity index (χ0n) is 10.0. The van der Waals surface area contributed by atoms with E-state index in [4.69, 9.17) is 4.74 Å². The molecule has 1 aliphatic rings. The van der Waals surface area contributed by atoms with E-state index in [1.54, 1.807) is 7.11 Å². The van der Waals surface area contributed by atoms with Crippen LogP contribution in [0.25, 0.3) is 0 Å². The summed E-state index contributed by atoms with van der Waals surface area (Å²) < 4.78 is 5.30. The molecule has 19 heavy (non-hydrogen) atoms. The highest BCUT2D eigenvalue weighted by Crippen LogP contribution is 2.36. The molecule has 0 bridgehead atoms. The molecule has 0 saturated carbocycles. The fraction of sp³-hybridized carbons (Fsp3) is 0.167. The van der Waals surface area contributed by atoms with Gasteiger partial charge in [-0.05, 0) is 6.07 Å². The first-order valence-corrected chi connectivity index (χ1v) is 6.44. The zero-order valence-corrected chi connectivity index (χ0v) is 10.8. The van der Waals surface area contributed by atoms with Crippen molar-refractivity contribution in [3.8, 4) is 5.75 Å². The lowest BCUT2D eigenvalue weighted by molar-refractivity contribution is 0.249. The second kappa shape index (κ2) is 4.43. The Morgan fingerprint density at radius 2 is 2.05 bits per heavy atom. The van der Waals surface area contributed by atoms with E-state index in [1.165, 1.54) is 0 Å². The van der Waals surface area contributed by atoms with E-state index in [-0.39, 0.29) is 16.9 Å². The fourth-order valence-electron chi connectivity index (χ4n) is 2.11. The lowest BCUT2D eigenvalue weighted by Gasteiger charge is -2.25. The highest BCUT2D eigenvalue weighted by Gasteiger charge is 2.30. The third kappa shape index (κ3) is 1.97. The molecular formula is C12H11N3O3S. The van der Waals surface area contributed by atoms with Crippen molar-refractivity contribution in [2.75, 3.05) is 12.4 Å². The van der Waals surface area contributed by atoms with Gasteiger partial charge in [0.05, 0.1) is 18.0 Å². The van der Waals surface area contributed by atoms with Crippen LogP contribution in [0.4, 0.5) is 10.6 Å². The van der Waals surface area contributed by atoms with Crippen LogP contribution in [0, 0.1) is 0 Å². The molecule has 1 aromatic heterocycles. The molecule has 1 atom stereocenters. The largest absolute Gasteiger partial charge is 0.496 e. The van der Waals surface area contributed by atoms with Crippen LogP contribution < -0.4 is 20.2 Å². The molecule has 3 N–H and O–H groups in total. The standard InChI is InChI=1S/C12H11N3O3S/c1-18-7-5-3-2-4-6(7)8-9-10(14-11(16)13-8)15-12(17)19-9/h2-5,8H,1H3,(H,15,17)(H2,13,14,16). The number of H-pyrrole nitrogens is 1. The number of hydrogen-bond donors (Lipinski definition) is 3. The van der Waals surface area contributed by atoms with E-state index in [9.17, 15) is 9.59 Å². The van der Waals surface area contributed by atoms with Gasteiger partial charge in [0.25, 0.3) is 0 Å². The van der Waals surface area contributed by atoms with Crippen molar-refractivity contribution in [1.29, 1.82) is 0 Å². The molecule has 1 aromatic carbocycles. The molecule has 0 radical (unpaired) electrons. The molecule has 0 saturated heterocycles. The maximum Gasteiger partial charge on any atom is 0.321 e. The summed E-state index contributed by atoms with van der Waals surface area (Å²) in [4.78, 5) is 26.2. The third-order valence-electron chi connectivity index (χ3n) is 2.90. The summed E-state index contributed by atoms with van der Waals surface area (Å²) in [6, 6.07) is 6.66. The fourth-order valence-corrected chi connectivity index (χ4v) is 2.97. The smallest absolute Gasteiger partial charge is 0.321 e. The number of rotatable bonds is 2. The molecule has 2 amide bonds. The molecule has 2 heterocycles. The lowest BCUT2D eigenvalue weighted by atomic mass is 10.0. The first-order chi connectivity index (χ1) is 9.19. The Kier molecular flexibility index (Phi) is 2.75. The van der Waals surface area contributed by atoms with Crippen LogP contribution in [-0.2, 0) is 0 Å². The summed E-state index contributed by atoms with van der Waals surface area (Å²) in [6.07, 6.45) is 0. The predicted octanol–water partition coefficient (Wildman–Crippen LogP) is 1.67. The van der Waals surface area contributed by atoms with Gasteiger partial charge in [-0.1, -0.05) is 29.5 Å². The van der Waals surface area contributed by atoms with Crippen molar-refractivity contribution in [1.82, 2.24) is 10.3 Å². The highest BCUT2D eigenvalue weighted by atomic mass is 32.1. The average Bonchev–Trinajstić information content (AvgIpc) is 2.77. The normalized spacial score (nSPS) is 17.3. The number of amides is 2. The Balaban J connectivity index is 2.15. The van der Waals surface area contributed by atoms with Crippen molar-refractivity contribution < 1.29 is 9.53 Å². The van der Waals surface area contributed by atoms with Crippen LogP contribution in [0.15, 0.2) is 29.1 Å². The van der Waals surface area contributed by atoms with Crippen molar-refractivity contribution in [2.24, 2.45) is 0 Å². The van der Waals surface area contributed by atoms with Crippen LogP contribution in [0.3, 0.4) is 0 Å². The predicted molar refractivity (Wildman–Crippen MR) is 71.9 cm³/mol. The molecule has 1 aliphatic heterocycles. The minimum atomic E-state index is -0.385. The van der Waals surface area contributed by atoms with Gasteiger partial charge in [0.15, 0.2) is 0 Å². The number of methoxy groups -OCH3 is 1. The Labute approximate surface area is 112 Å². The van der Waals surface area contributed by atoms with Gasteiger partial charge in [0.2, 0.25) is 0 Å². The highest BCUT2D eigenvalue weighted by molar-refractivity contribution is 7.09. The van der Waals surface area contributed by atoms with Crippen LogP contribution in [0.5, 0.6) is 5.75 Å². The van der Waals surface area contributed by atoms with Crippen molar-refractivity contribution in [3.05, 3.63) is 44.4 Å². The molecule has 0 aliphatic carbocycles. The van der Waals surface area contributed by atoms with Crippen LogP contribution in [-0.4, -0.2) is 18.1 Å². The molecule has 1 unspecified atom stereocenters. The quantitative estimate of drug-likeness (QED) is 0.780.